The Morgan fingerprint density at radius 3 is 3.19 bits per heavy atom. The number of carbonyl (C=O) groups excluding carboxylic acids is 1. The van der Waals surface area contributed by atoms with Crippen molar-refractivity contribution >= 4 is 11.6 Å². The van der Waals surface area contributed by atoms with Crippen LogP contribution in [-0.2, 0) is 11.2 Å². The van der Waals surface area contributed by atoms with Crippen molar-refractivity contribution in [3.63, 3.8) is 0 Å². The van der Waals surface area contributed by atoms with Crippen LogP contribution in [0.5, 0.6) is 5.75 Å². The quantitative estimate of drug-likeness (QED) is 0.807. The molecule has 1 atom stereocenters. The van der Waals surface area contributed by atoms with Crippen LogP contribution in [0.25, 0.3) is 0 Å². The fourth-order valence-corrected chi connectivity index (χ4v) is 1.77. The summed E-state index contributed by atoms with van der Waals surface area (Å²) in [5.74, 6) is 0.874. The number of nitrogens with one attached hydrogen (secondary N) is 1. The summed E-state index contributed by atoms with van der Waals surface area (Å²) in [5.41, 5.74) is 7.52. The average molecular weight is 220 g/mol. The first-order chi connectivity index (χ1) is 7.65. The van der Waals surface area contributed by atoms with E-state index in [2.05, 4.69) is 5.32 Å². The molecule has 1 aliphatic heterocycles. The highest BCUT2D eigenvalue weighted by Gasteiger charge is 2.13. The summed E-state index contributed by atoms with van der Waals surface area (Å²) in [6.45, 7) is 2.54. The van der Waals surface area contributed by atoms with Gasteiger partial charge in [-0.3, -0.25) is 4.79 Å². The molecule has 0 saturated carbocycles. The van der Waals surface area contributed by atoms with Gasteiger partial charge in [0.25, 0.3) is 0 Å². The summed E-state index contributed by atoms with van der Waals surface area (Å²) in [5, 5.41) is 2.83. The molecule has 1 amide bonds. The van der Waals surface area contributed by atoms with Crippen LogP contribution in [0.1, 0.15) is 18.9 Å². The number of ether oxygens (including phenoxy) is 1. The molecule has 4 nitrogen and oxygen atoms in total. The minimum Gasteiger partial charge on any atom is -0.493 e. The molecule has 0 spiro atoms. The second kappa shape index (κ2) is 4.53. The molecule has 0 aromatic heterocycles. The van der Waals surface area contributed by atoms with Gasteiger partial charge in [0.15, 0.2) is 0 Å². The van der Waals surface area contributed by atoms with Gasteiger partial charge in [0, 0.05) is 24.6 Å². The Morgan fingerprint density at radius 2 is 2.44 bits per heavy atom. The van der Waals surface area contributed by atoms with Crippen LogP contribution in [0.2, 0.25) is 0 Å². The van der Waals surface area contributed by atoms with Crippen molar-refractivity contribution in [2.24, 2.45) is 5.73 Å². The van der Waals surface area contributed by atoms with Crippen molar-refractivity contribution in [2.45, 2.75) is 25.8 Å². The number of carbonyl (C=O) groups is 1. The molecule has 86 valence electrons. The monoisotopic (exact) mass is 220 g/mol. The van der Waals surface area contributed by atoms with Gasteiger partial charge in [0.1, 0.15) is 5.75 Å². The number of amides is 1. The van der Waals surface area contributed by atoms with Gasteiger partial charge >= 0.3 is 0 Å². The molecule has 1 aliphatic rings. The summed E-state index contributed by atoms with van der Waals surface area (Å²) in [6.07, 6.45) is 1.25. The second-order valence-electron chi connectivity index (χ2n) is 4.15. The smallest absolute Gasteiger partial charge is 0.225 e. The van der Waals surface area contributed by atoms with Crippen molar-refractivity contribution in [3.8, 4) is 5.75 Å². The zero-order valence-electron chi connectivity index (χ0n) is 9.32. The summed E-state index contributed by atoms with van der Waals surface area (Å²) in [6, 6.07) is 5.59. The van der Waals surface area contributed by atoms with Crippen LogP contribution in [-0.4, -0.2) is 18.6 Å². The van der Waals surface area contributed by atoms with E-state index in [1.807, 2.05) is 25.1 Å². The summed E-state index contributed by atoms with van der Waals surface area (Å²) in [4.78, 5) is 11.5. The number of rotatable bonds is 3. The van der Waals surface area contributed by atoms with Gasteiger partial charge in [-0.2, -0.15) is 0 Å². The van der Waals surface area contributed by atoms with Crippen molar-refractivity contribution < 1.29 is 9.53 Å². The van der Waals surface area contributed by atoms with Gasteiger partial charge in [0.05, 0.1) is 6.61 Å². The lowest BCUT2D eigenvalue weighted by Gasteiger charge is -2.08. The Balaban J connectivity index is 2.02. The molecule has 3 N–H and O–H groups in total. The van der Waals surface area contributed by atoms with E-state index < -0.39 is 0 Å². The Kier molecular flexibility index (Phi) is 3.10. The first kappa shape index (κ1) is 11.0. The minimum absolute atomic E-state index is 0.0473. The Labute approximate surface area is 94.8 Å². The average Bonchev–Trinajstić information content (AvgIpc) is 2.63. The van der Waals surface area contributed by atoms with Gasteiger partial charge in [-0.05, 0) is 30.7 Å². The van der Waals surface area contributed by atoms with Gasteiger partial charge < -0.3 is 15.8 Å². The molecule has 4 heteroatoms. The minimum atomic E-state index is -0.113. The van der Waals surface area contributed by atoms with Crippen LogP contribution in [0, 0.1) is 0 Å². The largest absolute Gasteiger partial charge is 0.493 e. The van der Waals surface area contributed by atoms with Crippen molar-refractivity contribution in [3.05, 3.63) is 23.8 Å². The third-order valence-electron chi connectivity index (χ3n) is 2.48. The number of nitrogens with two attached hydrogens (primary N) is 1. The molecule has 0 radical (unpaired) electrons. The number of hydrogen-bond acceptors (Lipinski definition) is 3. The van der Waals surface area contributed by atoms with E-state index in [1.54, 1.807) is 0 Å². The normalized spacial score (nSPS) is 15.1. The Bertz CT molecular complexity index is 402. The summed E-state index contributed by atoms with van der Waals surface area (Å²) < 4.78 is 5.39. The second-order valence-corrected chi connectivity index (χ2v) is 4.15. The van der Waals surface area contributed by atoms with E-state index >= 15 is 0 Å². The summed E-state index contributed by atoms with van der Waals surface area (Å²) >= 11 is 0. The number of anilines is 1. The van der Waals surface area contributed by atoms with E-state index in [0.29, 0.717) is 6.42 Å². The molecular weight excluding hydrogens is 204 g/mol. The lowest BCUT2D eigenvalue weighted by molar-refractivity contribution is -0.116. The van der Waals surface area contributed by atoms with Crippen LogP contribution < -0.4 is 15.8 Å². The first-order valence-corrected chi connectivity index (χ1v) is 5.46. The standard InChI is InChI=1S/C12H16N2O2/c1-8(13)6-12(15)14-10-2-3-11-9(7-10)4-5-16-11/h2-3,7-8H,4-6,13H2,1H3,(H,14,15). The molecule has 1 aromatic rings. The molecule has 1 heterocycles. The van der Waals surface area contributed by atoms with Gasteiger partial charge in [-0.25, -0.2) is 0 Å². The molecular formula is C12H16N2O2. The molecule has 0 bridgehead atoms. The molecule has 0 fully saturated rings. The van der Waals surface area contributed by atoms with Crippen LogP contribution in [0.15, 0.2) is 18.2 Å². The molecule has 0 aliphatic carbocycles. The highest BCUT2D eigenvalue weighted by molar-refractivity contribution is 5.91. The third-order valence-corrected chi connectivity index (χ3v) is 2.48. The molecule has 1 unspecified atom stereocenters. The van der Waals surface area contributed by atoms with Crippen LogP contribution in [0.4, 0.5) is 5.69 Å². The highest BCUT2D eigenvalue weighted by Crippen LogP contribution is 2.27. The molecule has 1 aromatic carbocycles. The fraction of sp³-hybridized carbons (Fsp3) is 0.417. The predicted molar refractivity (Wildman–Crippen MR) is 62.5 cm³/mol. The van der Waals surface area contributed by atoms with E-state index in [-0.39, 0.29) is 11.9 Å². The van der Waals surface area contributed by atoms with E-state index in [4.69, 9.17) is 10.5 Å². The van der Waals surface area contributed by atoms with Gasteiger partial charge in [0.2, 0.25) is 5.91 Å². The van der Waals surface area contributed by atoms with Crippen molar-refractivity contribution in [1.82, 2.24) is 0 Å². The predicted octanol–water partition coefficient (Wildman–Crippen LogP) is 1.30. The first-order valence-electron chi connectivity index (χ1n) is 5.46. The summed E-state index contributed by atoms with van der Waals surface area (Å²) in [7, 11) is 0. The molecule has 16 heavy (non-hydrogen) atoms. The Hall–Kier alpha value is -1.55. The lowest BCUT2D eigenvalue weighted by atomic mass is 10.1. The molecule has 0 saturated heterocycles. The zero-order valence-corrected chi connectivity index (χ0v) is 9.32. The number of benzene rings is 1. The topological polar surface area (TPSA) is 64.4 Å². The fourth-order valence-electron chi connectivity index (χ4n) is 1.77. The van der Waals surface area contributed by atoms with Gasteiger partial charge in [-0.15, -0.1) is 0 Å². The van der Waals surface area contributed by atoms with E-state index in [1.165, 1.54) is 0 Å². The van der Waals surface area contributed by atoms with Crippen molar-refractivity contribution in [1.29, 1.82) is 0 Å². The van der Waals surface area contributed by atoms with E-state index in [9.17, 15) is 4.79 Å². The van der Waals surface area contributed by atoms with E-state index in [0.717, 1.165) is 30.0 Å². The number of hydrogen-bond donors (Lipinski definition) is 2. The lowest BCUT2D eigenvalue weighted by Crippen LogP contribution is -2.23. The van der Waals surface area contributed by atoms with Gasteiger partial charge in [-0.1, -0.05) is 0 Å². The number of fused-ring (bicyclic) bond motifs is 1. The van der Waals surface area contributed by atoms with Crippen LogP contribution in [0.3, 0.4) is 0 Å². The van der Waals surface area contributed by atoms with Crippen molar-refractivity contribution in [2.75, 3.05) is 11.9 Å². The molecule has 2 rings (SSSR count). The highest BCUT2D eigenvalue weighted by atomic mass is 16.5. The maximum absolute atomic E-state index is 11.5. The maximum atomic E-state index is 11.5. The third kappa shape index (κ3) is 2.52. The maximum Gasteiger partial charge on any atom is 0.225 e. The zero-order chi connectivity index (χ0) is 11.5. The SMILES string of the molecule is CC(N)CC(=O)Nc1ccc2c(c1)CCO2. The van der Waals surface area contributed by atoms with Crippen LogP contribution >= 0.6 is 0 Å². The Morgan fingerprint density at radius 1 is 1.62 bits per heavy atom.